The fraction of sp³-hybridized carbons (Fsp3) is 0.933. The number of methoxy groups -OCH3 is 1. The molecule has 2 fully saturated rings. The molecule has 0 amide bonds. The molecule has 4 heteroatoms. The third-order valence-corrected chi connectivity index (χ3v) is 4.81. The normalized spacial score (nSPS) is 33.6. The van der Waals surface area contributed by atoms with Crippen molar-refractivity contribution in [2.45, 2.75) is 70.4 Å². The van der Waals surface area contributed by atoms with Gasteiger partial charge in [-0.3, -0.25) is 4.99 Å². The minimum Gasteiger partial charge on any atom is -0.381 e. The Bertz CT molecular complexity index is 303. The summed E-state index contributed by atoms with van der Waals surface area (Å²) in [4.78, 5) is 4.58. The summed E-state index contributed by atoms with van der Waals surface area (Å²) in [5.41, 5.74) is 6.30. The lowest BCUT2D eigenvalue weighted by molar-refractivity contribution is 0.0352. The van der Waals surface area contributed by atoms with Crippen molar-refractivity contribution in [2.24, 2.45) is 16.1 Å². The summed E-state index contributed by atoms with van der Waals surface area (Å²) in [6, 6.07) is 0.556. The van der Waals surface area contributed by atoms with E-state index in [4.69, 9.17) is 10.5 Å². The summed E-state index contributed by atoms with van der Waals surface area (Å²) in [6.07, 6.45) is 10.2. The summed E-state index contributed by atoms with van der Waals surface area (Å²) in [5.74, 6) is 0.641. The zero-order valence-corrected chi connectivity index (χ0v) is 12.5. The van der Waals surface area contributed by atoms with Crippen molar-refractivity contribution in [3.8, 4) is 0 Å². The first kappa shape index (κ1) is 14.6. The number of ether oxygens (including phenoxy) is 1. The van der Waals surface area contributed by atoms with E-state index in [9.17, 15) is 0 Å². The monoisotopic (exact) mass is 267 g/mol. The summed E-state index contributed by atoms with van der Waals surface area (Å²) < 4.78 is 5.43. The maximum absolute atomic E-state index is 6.00. The standard InChI is InChI=1S/C15H29N3O/c1-15(9-7-13(19-2)8-10-15)11-17-14(16)18-12-5-3-4-6-12/h12-13H,3-11H2,1-2H3,(H3,16,17,18). The highest BCUT2D eigenvalue weighted by Crippen LogP contribution is 2.37. The lowest BCUT2D eigenvalue weighted by Crippen LogP contribution is -2.39. The van der Waals surface area contributed by atoms with Crippen LogP contribution < -0.4 is 11.1 Å². The van der Waals surface area contributed by atoms with Crippen LogP contribution in [0.2, 0.25) is 0 Å². The smallest absolute Gasteiger partial charge is 0.188 e. The number of hydrogen-bond acceptors (Lipinski definition) is 2. The Hall–Kier alpha value is -0.770. The first-order valence-electron chi connectivity index (χ1n) is 7.70. The largest absolute Gasteiger partial charge is 0.381 e. The summed E-state index contributed by atoms with van der Waals surface area (Å²) >= 11 is 0. The van der Waals surface area contributed by atoms with Crippen molar-refractivity contribution in [2.75, 3.05) is 13.7 Å². The SMILES string of the molecule is COC1CCC(C)(CN=C(N)NC2CCCC2)CC1. The Morgan fingerprint density at radius 3 is 2.47 bits per heavy atom. The van der Waals surface area contributed by atoms with Gasteiger partial charge in [-0.25, -0.2) is 0 Å². The van der Waals surface area contributed by atoms with Crippen LogP contribution in [0.5, 0.6) is 0 Å². The van der Waals surface area contributed by atoms with Gasteiger partial charge in [-0.2, -0.15) is 0 Å². The van der Waals surface area contributed by atoms with Gasteiger partial charge in [-0.1, -0.05) is 19.8 Å². The lowest BCUT2D eigenvalue weighted by atomic mass is 9.75. The molecule has 0 radical (unpaired) electrons. The van der Waals surface area contributed by atoms with E-state index >= 15 is 0 Å². The van der Waals surface area contributed by atoms with E-state index in [0.717, 1.165) is 19.4 Å². The van der Waals surface area contributed by atoms with E-state index in [1.807, 2.05) is 7.11 Å². The van der Waals surface area contributed by atoms with Crippen LogP contribution in [0, 0.1) is 5.41 Å². The molecule has 0 aliphatic heterocycles. The lowest BCUT2D eigenvalue weighted by Gasteiger charge is -2.35. The van der Waals surface area contributed by atoms with Gasteiger partial charge < -0.3 is 15.8 Å². The Morgan fingerprint density at radius 1 is 1.26 bits per heavy atom. The van der Waals surface area contributed by atoms with Crippen LogP contribution in [0.25, 0.3) is 0 Å². The molecule has 2 saturated carbocycles. The van der Waals surface area contributed by atoms with Crippen molar-refractivity contribution in [3.05, 3.63) is 0 Å². The quantitative estimate of drug-likeness (QED) is 0.607. The van der Waals surface area contributed by atoms with Crippen LogP contribution in [0.3, 0.4) is 0 Å². The summed E-state index contributed by atoms with van der Waals surface area (Å²) in [7, 11) is 1.81. The van der Waals surface area contributed by atoms with Crippen LogP contribution in [-0.2, 0) is 4.74 Å². The summed E-state index contributed by atoms with van der Waals surface area (Å²) in [6.45, 7) is 3.17. The van der Waals surface area contributed by atoms with Gasteiger partial charge in [0.05, 0.1) is 6.10 Å². The van der Waals surface area contributed by atoms with Gasteiger partial charge in [0, 0.05) is 19.7 Å². The van der Waals surface area contributed by atoms with E-state index in [1.165, 1.54) is 38.5 Å². The number of nitrogens with two attached hydrogens (primary N) is 1. The van der Waals surface area contributed by atoms with Crippen LogP contribution in [0.4, 0.5) is 0 Å². The molecule has 0 heterocycles. The van der Waals surface area contributed by atoms with Crippen LogP contribution >= 0.6 is 0 Å². The predicted molar refractivity (Wildman–Crippen MR) is 79.3 cm³/mol. The zero-order valence-electron chi connectivity index (χ0n) is 12.5. The molecule has 19 heavy (non-hydrogen) atoms. The van der Waals surface area contributed by atoms with E-state index in [-0.39, 0.29) is 0 Å². The van der Waals surface area contributed by atoms with Crippen molar-refractivity contribution in [1.29, 1.82) is 0 Å². The number of hydrogen-bond donors (Lipinski definition) is 2. The van der Waals surface area contributed by atoms with E-state index < -0.39 is 0 Å². The van der Waals surface area contributed by atoms with Crippen LogP contribution in [0.1, 0.15) is 58.3 Å². The van der Waals surface area contributed by atoms with Gasteiger partial charge in [0.2, 0.25) is 0 Å². The van der Waals surface area contributed by atoms with Crippen molar-refractivity contribution >= 4 is 5.96 Å². The van der Waals surface area contributed by atoms with E-state index in [2.05, 4.69) is 17.2 Å². The average Bonchev–Trinajstić information content (AvgIpc) is 2.90. The molecule has 2 aliphatic carbocycles. The molecule has 0 aromatic rings. The van der Waals surface area contributed by atoms with Gasteiger partial charge >= 0.3 is 0 Å². The van der Waals surface area contributed by atoms with Gasteiger partial charge in [-0.15, -0.1) is 0 Å². The highest BCUT2D eigenvalue weighted by atomic mass is 16.5. The maximum atomic E-state index is 6.00. The fourth-order valence-corrected chi connectivity index (χ4v) is 3.28. The Morgan fingerprint density at radius 2 is 1.89 bits per heavy atom. The molecule has 0 unspecified atom stereocenters. The summed E-state index contributed by atoms with van der Waals surface area (Å²) in [5, 5.41) is 3.36. The molecule has 110 valence electrons. The first-order valence-corrected chi connectivity index (χ1v) is 7.70. The van der Waals surface area contributed by atoms with Crippen molar-refractivity contribution < 1.29 is 4.74 Å². The first-order chi connectivity index (χ1) is 9.11. The molecule has 2 aliphatic rings. The van der Waals surface area contributed by atoms with E-state index in [0.29, 0.717) is 23.5 Å². The minimum atomic E-state index is 0.303. The molecular formula is C15H29N3O. The topological polar surface area (TPSA) is 59.6 Å². The van der Waals surface area contributed by atoms with E-state index in [1.54, 1.807) is 0 Å². The predicted octanol–water partition coefficient (Wildman–Crippen LogP) is 2.43. The maximum Gasteiger partial charge on any atom is 0.188 e. The second kappa shape index (κ2) is 6.60. The number of rotatable bonds is 4. The minimum absolute atomic E-state index is 0.303. The van der Waals surface area contributed by atoms with Crippen LogP contribution in [-0.4, -0.2) is 31.8 Å². The molecular weight excluding hydrogens is 238 g/mol. The van der Waals surface area contributed by atoms with Crippen molar-refractivity contribution in [3.63, 3.8) is 0 Å². The molecule has 0 aromatic carbocycles. The van der Waals surface area contributed by atoms with Gasteiger partial charge in [0.15, 0.2) is 5.96 Å². The number of nitrogens with zero attached hydrogens (tertiary/aromatic N) is 1. The molecule has 3 N–H and O–H groups in total. The molecule has 2 rings (SSSR count). The highest BCUT2D eigenvalue weighted by Gasteiger charge is 2.31. The Kier molecular flexibility index (Phi) is 5.08. The van der Waals surface area contributed by atoms with Gasteiger partial charge in [-0.05, 0) is 43.9 Å². The molecule has 4 nitrogen and oxygen atoms in total. The second-order valence-electron chi connectivity index (χ2n) is 6.57. The third-order valence-electron chi connectivity index (χ3n) is 4.81. The van der Waals surface area contributed by atoms with Crippen molar-refractivity contribution in [1.82, 2.24) is 5.32 Å². The van der Waals surface area contributed by atoms with Gasteiger partial charge in [0.1, 0.15) is 0 Å². The molecule has 0 saturated heterocycles. The molecule has 0 atom stereocenters. The third kappa shape index (κ3) is 4.37. The number of nitrogens with one attached hydrogen (secondary N) is 1. The molecule has 0 spiro atoms. The number of aliphatic imine (C=N–C) groups is 1. The zero-order chi connectivity index (χ0) is 13.7. The second-order valence-corrected chi connectivity index (χ2v) is 6.57. The van der Waals surface area contributed by atoms with Crippen LogP contribution in [0.15, 0.2) is 4.99 Å². The molecule has 0 aromatic heterocycles. The average molecular weight is 267 g/mol. The Balaban J connectivity index is 1.76. The Labute approximate surface area is 117 Å². The van der Waals surface area contributed by atoms with Gasteiger partial charge in [0.25, 0.3) is 0 Å². The molecule has 0 bridgehead atoms. The number of guanidine groups is 1. The fourth-order valence-electron chi connectivity index (χ4n) is 3.28. The highest BCUT2D eigenvalue weighted by molar-refractivity contribution is 5.78.